The summed E-state index contributed by atoms with van der Waals surface area (Å²) in [5.74, 6) is 2.59. The van der Waals surface area contributed by atoms with E-state index in [1.807, 2.05) is 12.1 Å². The van der Waals surface area contributed by atoms with Crippen LogP contribution in [0.4, 0.5) is 0 Å². The summed E-state index contributed by atoms with van der Waals surface area (Å²) in [6.07, 6.45) is 9.31. The third kappa shape index (κ3) is 5.70. The Balaban J connectivity index is 1.48. The number of nitrogens with zero attached hydrogens (tertiary/aromatic N) is 1. The second-order valence-electron chi connectivity index (χ2n) is 9.12. The van der Waals surface area contributed by atoms with Crippen LogP contribution in [0, 0.1) is 18.8 Å². The van der Waals surface area contributed by atoms with Crippen LogP contribution < -0.4 is 5.32 Å². The molecule has 31 heavy (non-hydrogen) atoms. The number of ether oxygens (including phenoxy) is 2. The molecule has 2 heterocycles. The van der Waals surface area contributed by atoms with Crippen LogP contribution >= 0.6 is 0 Å². The van der Waals surface area contributed by atoms with Crippen LogP contribution in [-0.2, 0) is 20.7 Å². The van der Waals surface area contributed by atoms with E-state index in [1.165, 1.54) is 18.4 Å². The summed E-state index contributed by atoms with van der Waals surface area (Å²) < 4.78 is 11.6. The number of carbonyl (C=O) groups is 1. The van der Waals surface area contributed by atoms with Crippen LogP contribution in [0.5, 0.6) is 0 Å². The molecule has 1 aromatic rings. The van der Waals surface area contributed by atoms with E-state index in [2.05, 4.69) is 48.3 Å². The molecule has 3 aliphatic rings. The lowest BCUT2D eigenvalue weighted by atomic mass is 9.79. The number of hydrogen-bond acceptors (Lipinski definition) is 4. The Morgan fingerprint density at radius 3 is 2.71 bits per heavy atom. The fourth-order valence-electron chi connectivity index (χ4n) is 5.22. The van der Waals surface area contributed by atoms with E-state index in [-0.39, 0.29) is 11.9 Å². The predicted molar refractivity (Wildman–Crippen MR) is 122 cm³/mol. The summed E-state index contributed by atoms with van der Waals surface area (Å²) in [6.45, 7) is 8.73. The molecule has 1 N–H and O–H groups in total. The summed E-state index contributed by atoms with van der Waals surface area (Å²) in [5, 5.41) is 3.43. The van der Waals surface area contributed by atoms with Crippen molar-refractivity contribution in [1.29, 1.82) is 0 Å². The Morgan fingerprint density at radius 1 is 1.19 bits per heavy atom. The highest BCUT2D eigenvalue weighted by molar-refractivity contribution is 5.79. The van der Waals surface area contributed by atoms with Crippen LogP contribution in [0.1, 0.15) is 43.7 Å². The highest BCUT2D eigenvalue weighted by Crippen LogP contribution is 2.34. The normalized spacial score (nSPS) is 23.0. The third-order valence-corrected chi connectivity index (χ3v) is 6.77. The number of amides is 1. The van der Waals surface area contributed by atoms with Gasteiger partial charge in [-0.15, -0.1) is 0 Å². The molecule has 1 aliphatic carbocycles. The fraction of sp³-hybridized carbons (Fsp3) is 0.577. The highest BCUT2D eigenvalue weighted by atomic mass is 16.6. The molecule has 2 aliphatic heterocycles. The van der Waals surface area contributed by atoms with Crippen LogP contribution in [0.2, 0.25) is 0 Å². The number of likely N-dealkylation sites (tertiary alicyclic amines) is 1. The summed E-state index contributed by atoms with van der Waals surface area (Å²) >= 11 is 0. The minimum Gasteiger partial charge on any atom is -0.486 e. The molecule has 4 rings (SSSR count). The quantitative estimate of drug-likeness (QED) is 0.686. The second-order valence-corrected chi connectivity index (χ2v) is 9.12. The molecule has 0 radical (unpaired) electrons. The van der Waals surface area contributed by atoms with Gasteiger partial charge in [-0.1, -0.05) is 43.2 Å². The van der Waals surface area contributed by atoms with Crippen LogP contribution in [0.25, 0.3) is 0 Å². The number of benzene rings is 1. The van der Waals surface area contributed by atoms with Crippen molar-refractivity contribution >= 4 is 5.91 Å². The maximum atomic E-state index is 13.0. The first-order valence-electron chi connectivity index (χ1n) is 11.9. The lowest BCUT2D eigenvalue weighted by Gasteiger charge is -2.36. The molecule has 2 saturated heterocycles. The SMILES string of the molecule is CC[C@H](C1C=C2OCCOC2=CC1)[C@@H](CN1CCCC1)NC(=O)Cc1cccc(C)c1. The Bertz CT molecular complexity index is 826. The Kier molecular flexibility index (Phi) is 7.33. The van der Waals surface area contributed by atoms with Crippen molar-refractivity contribution in [1.82, 2.24) is 10.2 Å². The van der Waals surface area contributed by atoms with E-state index in [0.717, 1.165) is 49.6 Å². The standard InChI is InChI=1S/C26H36N2O3/c1-3-22(21-9-10-24-25(17-21)31-14-13-30-24)23(18-28-11-4-5-12-28)27-26(29)16-20-8-6-7-19(2)15-20/h6-8,10,15,17,21-23H,3-5,9,11-14,16,18H2,1-2H3,(H,27,29)/t21?,22-,23-/m1/s1. The van der Waals surface area contributed by atoms with Crippen molar-refractivity contribution in [2.24, 2.45) is 11.8 Å². The molecular formula is C26H36N2O3. The van der Waals surface area contributed by atoms with Gasteiger partial charge >= 0.3 is 0 Å². The molecule has 0 bridgehead atoms. The van der Waals surface area contributed by atoms with Crippen molar-refractivity contribution in [2.45, 2.75) is 52.0 Å². The van der Waals surface area contributed by atoms with E-state index in [4.69, 9.17) is 9.47 Å². The number of aryl methyl sites for hydroxylation is 1. The number of rotatable bonds is 8. The van der Waals surface area contributed by atoms with Gasteiger partial charge in [-0.3, -0.25) is 4.79 Å². The fourth-order valence-corrected chi connectivity index (χ4v) is 5.22. The summed E-state index contributed by atoms with van der Waals surface area (Å²) in [5.41, 5.74) is 2.27. The molecule has 168 valence electrons. The lowest BCUT2D eigenvalue weighted by Crippen LogP contribution is -2.49. The first kappa shape index (κ1) is 21.9. The van der Waals surface area contributed by atoms with Gasteiger partial charge in [-0.2, -0.15) is 0 Å². The number of allylic oxidation sites excluding steroid dienone is 2. The van der Waals surface area contributed by atoms with Gasteiger partial charge in [0.1, 0.15) is 13.2 Å². The molecule has 0 aromatic heterocycles. The van der Waals surface area contributed by atoms with E-state index >= 15 is 0 Å². The van der Waals surface area contributed by atoms with E-state index in [0.29, 0.717) is 31.5 Å². The second kappa shape index (κ2) is 10.4. The molecule has 2 fully saturated rings. The molecule has 1 unspecified atom stereocenters. The minimum atomic E-state index is 0.116. The number of hydrogen-bond donors (Lipinski definition) is 1. The number of carbonyl (C=O) groups excluding carboxylic acids is 1. The molecule has 0 saturated carbocycles. The summed E-state index contributed by atoms with van der Waals surface area (Å²) in [4.78, 5) is 15.5. The summed E-state index contributed by atoms with van der Waals surface area (Å²) in [6, 6.07) is 8.36. The van der Waals surface area contributed by atoms with E-state index < -0.39 is 0 Å². The Morgan fingerprint density at radius 2 is 1.97 bits per heavy atom. The number of fused-ring (bicyclic) bond motifs is 1. The van der Waals surface area contributed by atoms with Crippen LogP contribution in [0.15, 0.2) is 47.9 Å². The largest absolute Gasteiger partial charge is 0.486 e. The van der Waals surface area contributed by atoms with Gasteiger partial charge in [0, 0.05) is 12.6 Å². The van der Waals surface area contributed by atoms with Gasteiger partial charge in [0.15, 0.2) is 11.5 Å². The molecule has 5 nitrogen and oxygen atoms in total. The molecule has 3 atom stereocenters. The minimum absolute atomic E-state index is 0.116. The molecular weight excluding hydrogens is 388 g/mol. The Labute approximate surface area is 186 Å². The average Bonchev–Trinajstić information content (AvgIpc) is 3.27. The highest BCUT2D eigenvalue weighted by Gasteiger charge is 2.33. The van der Waals surface area contributed by atoms with Gasteiger partial charge in [-0.25, -0.2) is 0 Å². The van der Waals surface area contributed by atoms with Crippen molar-refractivity contribution < 1.29 is 14.3 Å². The van der Waals surface area contributed by atoms with Gasteiger partial charge in [-0.05, 0) is 68.8 Å². The van der Waals surface area contributed by atoms with Crippen molar-refractivity contribution in [3.05, 3.63) is 59.1 Å². The number of nitrogens with one attached hydrogen (secondary N) is 1. The average molecular weight is 425 g/mol. The van der Waals surface area contributed by atoms with Gasteiger partial charge in [0.05, 0.1) is 6.42 Å². The first-order chi connectivity index (χ1) is 15.1. The zero-order valence-electron chi connectivity index (χ0n) is 18.9. The van der Waals surface area contributed by atoms with E-state index in [9.17, 15) is 4.79 Å². The maximum absolute atomic E-state index is 13.0. The van der Waals surface area contributed by atoms with Crippen molar-refractivity contribution in [3.8, 4) is 0 Å². The molecule has 5 heteroatoms. The smallest absolute Gasteiger partial charge is 0.224 e. The first-order valence-corrected chi connectivity index (χ1v) is 11.9. The predicted octanol–water partition coefficient (Wildman–Crippen LogP) is 3.98. The van der Waals surface area contributed by atoms with Gasteiger partial charge < -0.3 is 19.7 Å². The molecule has 1 aromatic carbocycles. The third-order valence-electron chi connectivity index (χ3n) is 6.77. The molecule has 1 amide bonds. The van der Waals surface area contributed by atoms with Crippen LogP contribution in [0.3, 0.4) is 0 Å². The van der Waals surface area contributed by atoms with Crippen molar-refractivity contribution in [2.75, 3.05) is 32.8 Å². The molecule has 0 spiro atoms. The zero-order valence-corrected chi connectivity index (χ0v) is 18.9. The zero-order chi connectivity index (χ0) is 21.6. The van der Waals surface area contributed by atoms with Crippen molar-refractivity contribution in [3.63, 3.8) is 0 Å². The summed E-state index contributed by atoms with van der Waals surface area (Å²) in [7, 11) is 0. The van der Waals surface area contributed by atoms with E-state index in [1.54, 1.807) is 0 Å². The monoisotopic (exact) mass is 424 g/mol. The maximum Gasteiger partial charge on any atom is 0.224 e. The Hall–Kier alpha value is -2.27. The lowest BCUT2D eigenvalue weighted by molar-refractivity contribution is -0.121. The van der Waals surface area contributed by atoms with Gasteiger partial charge in [0.2, 0.25) is 5.91 Å². The van der Waals surface area contributed by atoms with Gasteiger partial charge in [0.25, 0.3) is 0 Å². The topological polar surface area (TPSA) is 50.8 Å². The van der Waals surface area contributed by atoms with Crippen LogP contribution in [-0.4, -0.2) is 49.7 Å².